The molecule has 0 fully saturated rings. The number of H-pyrrole nitrogens is 2. The van der Waals surface area contributed by atoms with E-state index in [2.05, 4.69) is 25.3 Å². The Hall–Kier alpha value is -2.18. The number of aromatic amines is 2. The smallest absolute Gasteiger partial charge is 0.401 e. The molecule has 1 amide bonds. The maximum absolute atomic E-state index is 10.9. The molecule has 2 heterocycles. The van der Waals surface area contributed by atoms with Crippen molar-refractivity contribution >= 4 is 23.0 Å². The number of hydrogen-bond donors (Lipinski definition) is 2. The second-order valence-corrected chi connectivity index (χ2v) is 3.13. The number of anilines is 1. The van der Waals surface area contributed by atoms with Gasteiger partial charge in [-0.05, 0) is 11.9 Å². The van der Waals surface area contributed by atoms with Gasteiger partial charge in [0.25, 0.3) is 17.4 Å². The van der Waals surface area contributed by atoms with Gasteiger partial charge in [-0.1, -0.05) is 0 Å². The number of amides is 1. The first-order valence-electron chi connectivity index (χ1n) is 4.87. The van der Waals surface area contributed by atoms with Gasteiger partial charge < -0.3 is 9.72 Å². The zero-order valence-electron chi connectivity index (χ0n) is 9.00. The number of carbonyl (C=O) groups is 1. The molecule has 0 radical (unpaired) electrons. The molecule has 0 atom stereocenters. The van der Waals surface area contributed by atoms with Crippen LogP contribution in [0.15, 0.2) is 6.33 Å². The van der Waals surface area contributed by atoms with E-state index in [-0.39, 0.29) is 5.91 Å². The summed E-state index contributed by atoms with van der Waals surface area (Å²) in [6.07, 6.45) is 1.52. The van der Waals surface area contributed by atoms with Crippen LogP contribution in [0.3, 0.4) is 0 Å². The number of nitrogens with zero attached hydrogens (tertiary/aromatic N) is 2. The van der Waals surface area contributed by atoms with Crippen molar-refractivity contribution in [3.05, 3.63) is 6.33 Å². The fraction of sp³-hybridized carbons (Fsp3) is 0.333. The molecule has 0 saturated carbocycles. The van der Waals surface area contributed by atoms with Crippen LogP contribution in [0, 0.1) is 0 Å². The van der Waals surface area contributed by atoms with Crippen molar-refractivity contribution in [2.45, 2.75) is 13.8 Å². The zero-order valence-corrected chi connectivity index (χ0v) is 9.00. The van der Waals surface area contributed by atoms with Gasteiger partial charge in [0.2, 0.25) is 0 Å². The van der Waals surface area contributed by atoms with E-state index in [1.54, 1.807) is 0 Å². The molecule has 0 aliphatic heterocycles. The summed E-state index contributed by atoms with van der Waals surface area (Å²) in [7, 11) is 0. The fourth-order valence-corrected chi connectivity index (χ4v) is 1.32. The van der Waals surface area contributed by atoms with Gasteiger partial charge in [0.05, 0.1) is 12.9 Å². The Morgan fingerprint density at radius 3 is 3.19 bits per heavy atom. The lowest BCUT2D eigenvalue weighted by Crippen LogP contribution is -2.21. The minimum Gasteiger partial charge on any atom is -0.467 e. The van der Waals surface area contributed by atoms with Crippen molar-refractivity contribution in [2.24, 2.45) is 0 Å². The quantitative estimate of drug-likeness (QED) is 0.771. The Morgan fingerprint density at radius 2 is 2.50 bits per heavy atom. The van der Waals surface area contributed by atoms with Gasteiger partial charge in [-0.3, -0.25) is 4.79 Å². The van der Waals surface area contributed by atoms with Crippen molar-refractivity contribution in [1.29, 1.82) is 0 Å². The van der Waals surface area contributed by atoms with Crippen LogP contribution >= 0.6 is 0 Å². The molecule has 2 aromatic rings. The van der Waals surface area contributed by atoms with Gasteiger partial charge in [0.15, 0.2) is 5.52 Å². The SMILES string of the molecule is CCOc1[nH+]c(NC(C)=O)nc2nc[nH]c12. The van der Waals surface area contributed by atoms with Crippen LogP contribution in [0.2, 0.25) is 0 Å². The van der Waals surface area contributed by atoms with E-state index in [0.717, 1.165) is 0 Å². The molecule has 3 N–H and O–H groups in total. The lowest BCUT2D eigenvalue weighted by Gasteiger charge is -2.00. The first kappa shape index (κ1) is 10.3. The highest BCUT2D eigenvalue weighted by Crippen LogP contribution is 2.16. The van der Waals surface area contributed by atoms with E-state index >= 15 is 0 Å². The van der Waals surface area contributed by atoms with Gasteiger partial charge in [-0.25, -0.2) is 15.3 Å². The van der Waals surface area contributed by atoms with Gasteiger partial charge in [0, 0.05) is 6.92 Å². The Morgan fingerprint density at radius 1 is 1.69 bits per heavy atom. The average molecular weight is 222 g/mol. The number of aromatic nitrogens is 4. The molecule has 0 unspecified atom stereocenters. The van der Waals surface area contributed by atoms with Crippen LogP contribution in [-0.4, -0.2) is 27.5 Å². The molecule has 0 aliphatic carbocycles. The molecule has 7 heteroatoms. The summed E-state index contributed by atoms with van der Waals surface area (Å²) in [4.78, 5) is 24.8. The minimum atomic E-state index is -0.207. The van der Waals surface area contributed by atoms with Crippen molar-refractivity contribution in [2.75, 3.05) is 11.9 Å². The highest BCUT2D eigenvalue weighted by atomic mass is 16.5. The van der Waals surface area contributed by atoms with E-state index in [9.17, 15) is 4.79 Å². The third-order valence-electron chi connectivity index (χ3n) is 1.88. The van der Waals surface area contributed by atoms with Crippen LogP contribution < -0.4 is 15.0 Å². The number of fused-ring (bicyclic) bond motifs is 1. The van der Waals surface area contributed by atoms with Crippen LogP contribution in [0.5, 0.6) is 5.88 Å². The average Bonchev–Trinajstić information content (AvgIpc) is 2.65. The molecule has 0 aliphatic rings. The minimum absolute atomic E-state index is 0.207. The van der Waals surface area contributed by atoms with Gasteiger partial charge in [-0.2, -0.15) is 0 Å². The first-order chi connectivity index (χ1) is 7.70. The lowest BCUT2D eigenvalue weighted by molar-refractivity contribution is -0.379. The molecule has 84 valence electrons. The Labute approximate surface area is 91.3 Å². The normalized spacial score (nSPS) is 10.4. The van der Waals surface area contributed by atoms with Crippen LogP contribution in [0.1, 0.15) is 13.8 Å². The molecule has 2 rings (SSSR count). The number of rotatable bonds is 3. The van der Waals surface area contributed by atoms with Crippen molar-refractivity contribution < 1.29 is 14.5 Å². The first-order valence-corrected chi connectivity index (χ1v) is 4.87. The third kappa shape index (κ3) is 1.92. The molecule has 0 bridgehead atoms. The highest BCUT2D eigenvalue weighted by Gasteiger charge is 2.17. The summed E-state index contributed by atoms with van der Waals surface area (Å²) in [5.41, 5.74) is 1.17. The number of imidazole rings is 1. The van der Waals surface area contributed by atoms with Gasteiger partial charge in [-0.15, -0.1) is 0 Å². The molecule has 0 spiro atoms. The van der Waals surface area contributed by atoms with Crippen molar-refractivity contribution in [1.82, 2.24) is 15.0 Å². The van der Waals surface area contributed by atoms with E-state index < -0.39 is 0 Å². The maximum Gasteiger partial charge on any atom is 0.401 e. The predicted molar refractivity (Wildman–Crippen MR) is 55.9 cm³/mol. The third-order valence-corrected chi connectivity index (χ3v) is 1.88. The molecular formula is C9H12N5O2+. The molecule has 16 heavy (non-hydrogen) atoms. The van der Waals surface area contributed by atoms with E-state index in [1.165, 1.54) is 13.3 Å². The van der Waals surface area contributed by atoms with E-state index in [0.29, 0.717) is 29.6 Å². The number of nitrogens with one attached hydrogen (secondary N) is 3. The number of hydrogen-bond acceptors (Lipinski definition) is 4. The summed E-state index contributed by atoms with van der Waals surface area (Å²) in [6, 6.07) is 0. The Balaban J connectivity index is 2.48. The fourth-order valence-electron chi connectivity index (χ4n) is 1.32. The van der Waals surface area contributed by atoms with Crippen molar-refractivity contribution in [3.63, 3.8) is 0 Å². The summed E-state index contributed by atoms with van der Waals surface area (Å²) < 4.78 is 5.38. The summed E-state index contributed by atoms with van der Waals surface area (Å²) >= 11 is 0. The standard InChI is InChI=1S/C9H11N5O2/c1-3-16-8-6-7(11-4-10-6)13-9(14-8)12-5(2)15/h4H,3H2,1-2H3,(H2,10,11,12,13,14,15)/p+1. The van der Waals surface area contributed by atoms with Crippen molar-refractivity contribution in [3.8, 4) is 5.88 Å². The summed E-state index contributed by atoms with van der Waals surface area (Å²) in [5, 5.41) is 2.55. The Kier molecular flexibility index (Phi) is 2.67. The van der Waals surface area contributed by atoms with E-state index in [4.69, 9.17) is 4.74 Å². The second kappa shape index (κ2) is 4.13. The number of ether oxygens (including phenoxy) is 1. The van der Waals surface area contributed by atoms with Crippen LogP contribution in [0.25, 0.3) is 11.2 Å². The Bertz CT molecular complexity index is 522. The molecular weight excluding hydrogens is 210 g/mol. The van der Waals surface area contributed by atoms with Gasteiger partial charge >= 0.3 is 5.95 Å². The second-order valence-electron chi connectivity index (χ2n) is 3.13. The largest absolute Gasteiger partial charge is 0.467 e. The van der Waals surface area contributed by atoms with Crippen LogP contribution in [0.4, 0.5) is 5.95 Å². The van der Waals surface area contributed by atoms with Gasteiger partial charge in [0.1, 0.15) is 0 Å². The summed E-state index contributed by atoms with van der Waals surface area (Å²) in [5.74, 6) is 0.616. The highest BCUT2D eigenvalue weighted by molar-refractivity contribution is 5.87. The predicted octanol–water partition coefficient (Wildman–Crippen LogP) is 0.129. The maximum atomic E-state index is 10.9. The molecule has 2 aromatic heterocycles. The van der Waals surface area contributed by atoms with Crippen LogP contribution in [-0.2, 0) is 4.79 Å². The van der Waals surface area contributed by atoms with E-state index in [1.807, 2.05) is 6.92 Å². The summed E-state index contributed by atoms with van der Waals surface area (Å²) in [6.45, 7) is 3.79. The molecule has 0 aromatic carbocycles. The number of carbonyl (C=O) groups excluding carboxylic acids is 1. The molecule has 7 nitrogen and oxygen atoms in total. The monoisotopic (exact) mass is 222 g/mol. The molecule has 0 saturated heterocycles. The zero-order chi connectivity index (χ0) is 11.5. The topological polar surface area (TPSA) is 94.0 Å². The lowest BCUT2D eigenvalue weighted by atomic mass is 10.5.